The van der Waals surface area contributed by atoms with Crippen molar-refractivity contribution in [1.82, 2.24) is 9.55 Å². The second-order valence-corrected chi connectivity index (χ2v) is 6.78. The monoisotopic (exact) mass is 387 g/mol. The molecule has 0 bridgehead atoms. The molecule has 2 aromatic carbocycles. The molecular formula is C23H18FN3O2. The van der Waals surface area contributed by atoms with Crippen LogP contribution in [0.25, 0.3) is 11.0 Å². The maximum absolute atomic E-state index is 14.2. The number of nitrogens with zero attached hydrogens (tertiary/aromatic N) is 2. The lowest BCUT2D eigenvalue weighted by atomic mass is 10.1. The number of carbonyl (C=O) groups is 1. The van der Waals surface area contributed by atoms with Crippen LogP contribution in [0.4, 0.5) is 10.1 Å². The molecule has 29 heavy (non-hydrogen) atoms. The van der Waals surface area contributed by atoms with Gasteiger partial charge in [-0.2, -0.15) is 0 Å². The number of halogens is 1. The van der Waals surface area contributed by atoms with Crippen LogP contribution in [0.3, 0.4) is 0 Å². The Balaban J connectivity index is 1.80. The molecule has 4 rings (SSSR count). The summed E-state index contributed by atoms with van der Waals surface area (Å²) in [6.07, 6.45) is 1.56. The summed E-state index contributed by atoms with van der Waals surface area (Å²) in [5.74, 6) is -0.940. The number of hydrogen-bond acceptors (Lipinski definition) is 3. The topological polar surface area (TPSA) is 64.0 Å². The van der Waals surface area contributed by atoms with Crippen LogP contribution in [-0.2, 0) is 6.54 Å². The number of anilines is 1. The van der Waals surface area contributed by atoms with E-state index in [1.54, 1.807) is 48.7 Å². The van der Waals surface area contributed by atoms with Gasteiger partial charge < -0.3 is 5.32 Å². The van der Waals surface area contributed by atoms with E-state index in [9.17, 15) is 14.0 Å². The number of fused-ring (bicyclic) bond motifs is 1. The van der Waals surface area contributed by atoms with Gasteiger partial charge in [0.05, 0.1) is 6.54 Å². The number of rotatable bonds is 4. The fourth-order valence-electron chi connectivity index (χ4n) is 3.15. The lowest BCUT2D eigenvalue weighted by Gasteiger charge is -2.13. The van der Waals surface area contributed by atoms with E-state index < -0.39 is 17.3 Å². The molecule has 1 amide bonds. The van der Waals surface area contributed by atoms with Gasteiger partial charge in [-0.15, -0.1) is 0 Å². The summed E-state index contributed by atoms with van der Waals surface area (Å²) in [5, 5.41) is 3.37. The summed E-state index contributed by atoms with van der Waals surface area (Å²) in [6.45, 7) is 1.92. The largest absolute Gasteiger partial charge is 0.322 e. The molecule has 0 atom stereocenters. The summed E-state index contributed by atoms with van der Waals surface area (Å²) < 4.78 is 15.5. The van der Waals surface area contributed by atoms with Crippen molar-refractivity contribution in [3.63, 3.8) is 0 Å². The van der Waals surface area contributed by atoms with E-state index in [4.69, 9.17) is 0 Å². The Morgan fingerprint density at radius 2 is 1.83 bits per heavy atom. The van der Waals surface area contributed by atoms with Gasteiger partial charge in [0.2, 0.25) is 0 Å². The highest BCUT2D eigenvalue weighted by Crippen LogP contribution is 2.16. The predicted molar refractivity (Wildman–Crippen MR) is 111 cm³/mol. The highest BCUT2D eigenvalue weighted by Gasteiger charge is 2.17. The van der Waals surface area contributed by atoms with Crippen LogP contribution in [0.15, 0.2) is 77.7 Å². The minimum Gasteiger partial charge on any atom is -0.322 e. The van der Waals surface area contributed by atoms with E-state index in [0.717, 1.165) is 5.56 Å². The number of carbonyl (C=O) groups excluding carboxylic acids is 1. The van der Waals surface area contributed by atoms with E-state index >= 15 is 0 Å². The van der Waals surface area contributed by atoms with Gasteiger partial charge in [-0.25, -0.2) is 9.37 Å². The van der Waals surface area contributed by atoms with Gasteiger partial charge in [0, 0.05) is 22.8 Å². The fraction of sp³-hybridized carbons (Fsp3) is 0.0870. The number of aryl methyl sites for hydroxylation is 1. The molecule has 144 valence electrons. The van der Waals surface area contributed by atoms with Crippen LogP contribution < -0.4 is 10.9 Å². The first kappa shape index (κ1) is 18.6. The summed E-state index contributed by atoms with van der Waals surface area (Å²) in [4.78, 5) is 30.2. The van der Waals surface area contributed by atoms with Gasteiger partial charge in [0.1, 0.15) is 17.0 Å². The molecule has 2 aromatic heterocycles. The van der Waals surface area contributed by atoms with Crippen LogP contribution in [0.1, 0.15) is 21.5 Å². The number of aromatic nitrogens is 2. The Labute approximate surface area is 166 Å². The van der Waals surface area contributed by atoms with Crippen molar-refractivity contribution in [1.29, 1.82) is 0 Å². The zero-order chi connectivity index (χ0) is 20.4. The third kappa shape index (κ3) is 3.78. The minimum absolute atomic E-state index is 0.0231. The molecule has 0 fully saturated rings. The number of nitrogens with one attached hydrogen (secondary N) is 1. The molecular weight excluding hydrogens is 369 g/mol. The molecule has 0 unspecified atom stereocenters. The van der Waals surface area contributed by atoms with Crippen molar-refractivity contribution in [3.05, 3.63) is 106 Å². The molecule has 0 aliphatic rings. The van der Waals surface area contributed by atoms with Crippen molar-refractivity contribution in [2.75, 3.05) is 5.32 Å². The number of hydrogen-bond donors (Lipinski definition) is 1. The summed E-state index contributed by atoms with van der Waals surface area (Å²) in [7, 11) is 0. The van der Waals surface area contributed by atoms with Crippen molar-refractivity contribution in [3.8, 4) is 0 Å². The predicted octanol–water partition coefficient (Wildman–Crippen LogP) is 4.14. The molecule has 0 spiro atoms. The molecule has 5 nitrogen and oxygen atoms in total. The van der Waals surface area contributed by atoms with E-state index in [2.05, 4.69) is 10.3 Å². The Bertz CT molecular complexity index is 1260. The van der Waals surface area contributed by atoms with Crippen molar-refractivity contribution in [2.45, 2.75) is 13.5 Å². The normalized spacial score (nSPS) is 10.8. The van der Waals surface area contributed by atoms with Gasteiger partial charge in [0.15, 0.2) is 0 Å². The summed E-state index contributed by atoms with van der Waals surface area (Å²) in [5.41, 5.74) is 1.84. The minimum atomic E-state index is -0.524. The van der Waals surface area contributed by atoms with E-state index in [1.807, 2.05) is 19.1 Å². The van der Waals surface area contributed by atoms with Crippen LogP contribution >= 0.6 is 0 Å². The van der Waals surface area contributed by atoms with Crippen LogP contribution in [0.5, 0.6) is 0 Å². The molecule has 0 radical (unpaired) electrons. The van der Waals surface area contributed by atoms with Gasteiger partial charge in [-0.1, -0.05) is 35.9 Å². The van der Waals surface area contributed by atoms with Gasteiger partial charge in [-0.05, 0) is 43.3 Å². The quantitative estimate of drug-likeness (QED) is 0.572. The second-order valence-electron chi connectivity index (χ2n) is 6.78. The van der Waals surface area contributed by atoms with Gasteiger partial charge in [0.25, 0.3) is 11.5 Å². The zero-order valence-corrected chi connectivity index (χ0v) is 15.7. The molecule has 0 aliphatic heterocycles. The maximum atomic E-state index is 14.2. The Hall–Kier alpha value is -3.80. The Morgan fingerprint density at radius 3 is 2.59 bits per heavy atom. The number of pyridine rings is 2. The first-order valence-electron chi connectivity index (χ1n) is 9.13. The van der Waals surface area contributed by atoms with Gasteiger partial charge in [-0.3, -0.25) is 14.2 Å². The zero-order valence-electron chi connectivity index (χ0n) is 15.7. The van der Waals surface area contributed by atoms with Crippen LogP contribution in [0.2, 0.25) is 0 Å². The fourth-order valence-corrected chi connectivity index (χ4v) is 3.15. The average Bonchev–Trinajstić information content (AvgIpc) is 2.73. The van der Waals surface area contributed by atoms with Crippen molar-refractivity contribution >= 4 is 22.6 Å². The molecule has 1 N–H and O–H groups in total. The third-order valence-corrected chi connectivity index (χ3v) is 4.69. The van der Waals surface area contributed by atoms with Crippen molar-refractivity contribution in [2.24, 2.45) is 0 Å². The highest BCUT2D eigenvalue weighted by atomic mass is 19.1. The molecule has 0 aliphatic carbocycles. The first-order valence-corrected chi connectivity index (χ1v) is 9.13. The van der Waals surface area contributed by atoms with E-state index in [1.165, 1.54) is 16.7 Å². The molecule has 4 aromatic rings. The van der Waals surface area contributed by atoms with E-state index in [0.29, 0.717) is 22.3 Å². The molecule has 6 heteroatoms. The molecule has 2 heterocycles. The first-order chi connectivity index (χ1) is 14.0. The van der Waals surface area contributed by atoms with E-state index in [-0.39, 0.29) is 12.1 Å². The lowest BCUT2D eigenvalue weighted by molar-refractivity contribution is 0.102. The Morgan fingerprint density at radius 1 is 1.07 bits per heavy atom. The Kier molecular flexibility index (Phi) is 4.91. The summed E-state index contributed by atoms with van der Waals surface area (Å²) in [6, 6.07) is 18.5. The van der Waals surface area contributed by atoms with Crippen molar-refractivity contribution < 1.29 is 9.18 Å². The molecule has 0 saturated heterocycles. The average molecular weight is 387 g/mol. The SMILES string of the molecule is Cc1ccc(NC(=O)c2cc3cccnc3n(Cc3ccccc3F)c2=O)cc1. The third-order valence-electron chi connectivity index (χ3n) is 4.69. The van der Waals surface area contributed by atoms with Gasteiger partial charge >= 0.3 is 0 Å². The molecule has 0 saturated carbocycles. The van der Waals surface area contributed by atoms with Crippen LogP contribution in [0, 0.1) is 12.7 Å². The summed E-state index contributed by atoms with van der Waals surface area (Å²) >= 11 is 0. The smallest absolute Gasteiger partial charge is 0.265 e. The maximum Gasteiger partial charge on any atom is 0.265 e. The second kappa shape index (κ2) is 7.67. The highest BCUT2D eigenvalue weighted by molar-refractivity contribution is 6.05. The standard InChI is InChI=1S/C23H18FN3O2/c1-15-8-10-18(11-9-15)26-22(28)19-13-16-6-4-12-25-21(16)27(23(19)29)14-17-5-2-3-7-20(17)24/h2-13H,14H2,1H3,(H,26,28). The lowest BCUT2D eigenvalue weighted by Crippen LogP contribution is -2.30. The number of benzene rings is 2. The van der Waals surface area contributed by atoms with Crippen LogP contribution in [-0.4, -0.2) is 15.5 Å². The number of amides is 1.